The van der Waals surface area contributed by atoms with Gasteiger partial charge < -0.3 is 10.6 Å². The molecule has 3 N–H and O–H groups in total. The molecule has 21 heavy (non-hydrogen) atoms. The molecule has 1 amide bonds. The lowest BCUT2D eigenvalue weighted by Gasteiger charge is -2.13. The second-order valence-electron chi connectivity index (χ2n) is 4.81. The van der Waals surface area contributed by atoms with Crippen LogP contribution in [0.15, 0.2) is 18.2 Å². The Morgan fingerprint density at radius 1 is 1.38 bits per heavy atom. The van der Waals surface area contributed by atoms with Gasteiger partial charge in [-0.2, -0.15) is 0 Å². The largest absolute Gasteiger partial charge is 0.324 e. The van der Waals surface area contributed by atoms with Crippen LogP contribution in [0.3, 0.4) is 0 Å². The molecule has 118 valence electrons. The second-order valence-corrected chi connectivity index (χ2v) is 6.96. The molecule has 0 bridgehead atoms. The molecule has 0 aliphatic carbocycles. The molecule has 0 saturated carbocycles. The Morgan fingerprint density at radius 3 is 2.62 bits per heavy atom. The summed E-state index contributed by atoms with van der Waals surface area (Å²) in [5.41, 5.74) is 0.702. The van der Waals surface area contributed by atoms with Crippen molar-refractivity contribution in [3.8, 4) is 0 Å². The van der Waals surface area contributed by atoms with E-state index >= 15 is 0 Å². The molecule has 0 aliphatic heterocycles. The standard InChI is InChI=1S/C13H20ClN3O3S/c1-4-9(2)15-8-13(18)16-12-7-10(5-6-11(12)14)17-21(3,19)20/h5-7,9,15,17H,4,8H2,1-3H3,(H,16,18). The van der Waals surface area contributed by atoms with Crippen LogP contribution in [0.25, 0.3) is 0 Å². The molecule has 1 unspecified atom stereocenters. The third kappa shape index (κ3) is 6.79. The third-order valence-corrected chi connectivity index (χ3v) is 3.70. The Bertz CT molecular complexity index is 605. The van der Waals surface area contributed by atoms with Crippen LogP contribution >= 0.6 is 11.6 Å². The molecule has 0 heterocycles. The Kier molecular flexibility index (Phi) is 6.44. The number of anilines is 2. The van der Waals surface area contributed by atoms with Crippen molar-refractivity contribution >= 4 is 38.9 Å². The van der Waals surface area contributed by atoms with Gasteiger partial charge in [0.15, 0.2) is 0 Å². The highest BCUT2D eigenvalue weighted by molar-refractivity contribution is 7.92. The molecule has 0 saturated heterocycles. The molecular weight excluding hydrogens is 314 g/mol. The van der Waals surface area contributed by atoms with E-state index in [1.165, 1.54) is 18.2 Å². The number of carbonyl (C=O) groups is 1. The zero-order valence-electron chi connectivity index (χ0n) is 12.2. The lowest BCUT2D eigenvalue weighted by atomic mass is 10.2. The van der Waals surface area contributed by atoms with Crippen LogP contribution in [0, 0.1) is 0 Å². The molecule has 1 atom stereocenters. The van der Waals surface area contributed by atoms with E-state index in [0.717, 1.165) is 12.7 Å². The number of nitrogens with one attached hydrogen (secondary N) is 3. The van der Waals surface area contributed by atoms with Crippen molar-refractivity contribution in [2.24, 2.45) is 0 Å². The number of carbonyl (C=O) groups excluding carboxylic acids is 1. The van der Waals surface area contributed by atoms with E-state index in [-0.39, 0.29) is 18.5 Å². The van der Waals surface area contributed by atoms with Gasteiger partial charge in [-0.05, 0) is 31.5 Å². The van der Waals surface area contributed by atoms with Crippen molar-refractivity contribution in [3.63, 3.8) is 0 Å². The molecule has 0 radical (unpaired) electrons. The molecule has 0 spiro atoms. The van der Waals surface area contributed by atoms with Gasteiger partial charge in [-0.25, -0.2) is 8.42 Å². The number of sulfonamides is 1. The summed E-state index contributed by atoms with van der Waals surface area (Å²) in [5, 5.41) is 6.04. The van der Waals surface area contributed by atoms with E-state index in [2.05, 4.69) is 15.4 Å². The average molecular weight is 334 g/mol. The monoisotopic (exact) mass is 333 g/mol. The van der Waals surface area contributed by atoms with Crippen LogP contribution in [-0.2, 0) is 14.8 Å². The van der Waals surface area contributed by atoms with Gasteiger partial charge in [0.05, 0.1) is 29.2 Å². The van der Waals surface area contributed by atoms with Crippen LogP contribution in [0.2, 0.25) is 5.02 Å². The fraction of sp³-hybridized carbons (Fsp3) is 0.462. The summed E-state index contributed by atoms with van der Waals surface area (Å²) in [7, 11) is -3.38. The maximum absolute atomic E-state index is 11.8. The van der Waals surface area contributed by atoms with Gasteiger partial charge in [0.1, 0.15) is 0 Å². The molecule has 8 heteroatoms. The molecule has 0 aromatic heterocycles. The molecule has 1 rings (SSSR count). The van der Waals surface area contributed by atoms with E-state index in [4.69, 9.17) is 11.6 Å². The number of hydrogen-bond donors (Lipinski definition) is 3. The Balaban J connectivity index is 2.74. The molecule has 0 aliphatic rings. The van der Waals surface area contributed by atoms with Gasteiger partial charge in [-0.1, -0.05) is 18.5 Å². The first-order valence-corrected chi connectivity index (χ1v) is 8.78. The quantitative estimate of drug-likeness (QED) is 0.712. The molecule has 1 aromatic rings. The maximum Gasteiger partial charge on any atom is 0.238 e. The van der Waals surface area contributed by atoms with Crippen LogP contribution in [0.4, 0.5) is 11.4 Å². The van der Waals surface area contributed by atoms with E-state index in [0.29, 0.717) is 16.4 Å². The Labute approximate surface area is 130 Å². The van der Waals surface area contributed by atoms with Gasteiger partial charge >= 0.3 is 0 Å². The first kappa shape index (κ1) is 17.7. The predicted octanol–water partition coefficient (Wildman–Crippen LogP) is 2.04. The summed E-state index contributed by atoms with van der Waals surface area (Å²) in [4.78, 5) is 11.8. The van der Waals surface area contributed by atoms with Crippen LogP contribution in [-0.4, -0.2) is 33.2 Å². The van der Waals surface area contributed by atoms with Crippen molar-refractivity contribution in [3.05, 3.63) is 23.2 Å². The Hall–Kier alpha value is -1.31. The van der Waals surface area contributed by atoms with E-state index in [9.17, 15) is 13.2 Å². The van der Waals surface area contributed by atoms with E-state index in [1.807, 2.05) is 13.8 Å². The summed E-state index contributed by atoms with van der Waals surface area (Å²) in [6.07, 6.45) is 1.97. The van der Waals surface area contributed by atoms with Crippen LogP contribution in [0.5, 0.6) is 0 Å². The summed E-state index contributed by atoms with van der Waals surface area (Å²) < 4.78 is 24.7. The predicted molar refractivity (Wildman–Crippen MR) is 86.3 cm³/mol. The Morgan fingerprint density at radius 2 is 2.05 bits per heavy atom. The first-order valence-electron chi connectivity index (χ1n) is 6.52. The van der Waals surface area contributed by atoms with Gasteiger partial charge in [0.2, 0.25) is 15.9 Å². The zero-order chi connectivity index (χ0) is 16.0. The maximum atomic E-state index is 11.8. The van der Waals surface area contributed by atoms with E-state index in [1.54, 1.807) is 0 Å². The highest BCUT2D eigenvalue weighted by atomic mass is 35.5. The summed E-state index contributed by atoms with van der Waals surface area (Å²) >= 11 is 5.99. The topological polar surface area (TPSA) is 87.3 Å². The van der Waals surface area contributed by atoms with Gasteiger partial charge in [0, 0.05) is 6.04 Å². The van der Waals surface area contributed by atoms with Gasteiger partial charge in [-0.15, -0.1) is 0 Å². The van der Waals surface area contributed by atoms with Gasteiger partial charge in [0.25, 0.3) is 0 Å². The lowest BCUT2D eigenvalue weighted by molar-refractivity contribution is -0.115. The minimum Gasteiger partial charge on any atom is -0.324 e. The van der Waals surface area contributed by atoms with Gasteiger partial charge in [-0.3, -0.25) is 9.52 Å². The average Bonchev–Trinajstić information content (AvgIpc) is 2.38. The molecule has 6 nitrogen and oxygen atoms in total. The number of amides is 1. The van der Waals surface area contributed by atoms with Crippen LogP contribution in [0.1, 0.15) is 20.3 Å². The fourth-order valence-corrected chi connectivity index (χ4v) is 2.22. The zero-order valence-corrected chi connectivity index (χ0v) is 13.8. The van der Waals surface area contributed by atoms with Crippen molar-refractivity contribution in [2.45, 2.75) is 26.3 Å². The molecule has 1 aromatic carbocycles. The highest BCUT2D eigenvalue weighted by Gasteiger charge is 2.09. The summed E-state index contributed by atoms with van der Waals surface area (Å²) in [6.45, 7) is 4.17. The van der Waals surface area contributed by atoms with Crippen LogP contribution < -0.4 is 15.4 Å². The number of halogens is 1. The third-order valence-electron chi connectivity index (χ3n) is 2.77. The number of hydrogen-bond acceptors (Lipinski definition) is 4. The van der Waals surface area contributed by atoms with Crippen molar-refractivity contribution in [1.82, 2.24) is 5.32 Å². The second kappa shape index (κ2) is 7.63. The number of benzene rings is 1. The molecular formula is C13H20ClN3O3S. The highest BCUT2D eigenvalue weighted by Crippen LogP contribution is 2.25. The lowest BCUT2D eigenvalue weighted by Crippen LogP contribution is -2.34. The smallest absolute Gasteiger partial charge is 0.238 e. The summed E-state index contributed by atoms with van der Waals surface area (Å²) in [5.74, 6) is -0.242. The molecule has 0 fully saturated rings. The SMILES string of the molecule is CCC(C)NCC(=O)Nc1cc(NS(C)(=O)=O)ccc1Cl. The minimum absolute atomic E-state index is 0.162. The fourth-order valence-electron chi connectivity index (χ4n) is 1.50. The number of rotatable bonds is 7. The van der Waals surface area contributed by atoms with E-state index < -0.39 is 10.0 Å². The summed E-state index contributed by atoms with van der Waals surface area (Å²) in [6, 6.07) is 4.76. The van der Waals surface area contributed by atoms with Crippen molar-refractivity contribution in [1.29, 1.82) is 0 Å². The first-order chi connectivity index (χ1) is 9.71. The minimum atomic E-state index is -3.38. The van der Waals surface area contributed by atoms with Crippen molar-refractivity contribution < 1.29 is 13.2 Å². The normalized spacial score (nSPS) is 12.8. The van der Waals surface area contributed by atoms with Crippen molar-refractivity contribution in [2.75, 3.05) is 22.8 Å².